The highest BCUT2D eigenvalue weighted by molar-refractivity contribution is 7.99. The number of aromatic nitrogens is 2. The van der Waals surface area contributed by atoms with E-state index in [0.717, 1.165) is 11.3 Å². The Labute approximate surface area is 158 Å². The van der Waals surface area contributed by atoms with Gasteiger partial charge in [-0.1, -0.05) is 60.7 Å². The molecular weight excluding hydrogens is 336 g/mol. The highest BCUT2D eigenvalue weighted by Gasteiger charge is 2.24. The van der Waals surface area contributed by atoms with Gasteiger partial charge in [0, 0.05) is 10.9 Å². The fraction of sp³-hybridized carbons (Fsp3) is 0.174. The third kappa shape index (κ3) is 3.27. The summed E-state index contributed by atoms with van der Waals surface area (Å²) in [6.07, 6.45) is 0. The van der Waals surface area contributed by atoms with Gasteiger partial charge in [-0.15, -0.1) is 11.8 Å². The fourth-order valence-corrected chi connectivity index (χ4v) is 4.47. The summed E-state index contributed by atoms with van der Waals surface area (Å²) in [4.78, 5) is 6.30. The molecule has 4 aromatic rings. The second-order valence-corrected chi connectivity index (χ2v) is 7.82. The molecule has 4 rings (SSSR count). The summed E-state index contributed by atoms with van der Waals surface area (Å²) in [5.41, 5.74) is 3.54. The molecule has 3 aromatic carbocycles. The lowest BCUT2D eigenvalue weighted by molar-refractivity contribution is 0.589. The SMILES string of the molecule is CC(C)n1c(C(Sc2ccccc2)c2ccccc2)nc2ccccc21. The van der Waals surface area contributed by atoms with Gasteiger partial charge in [0.1, 0.15) is 5.82 Å². The van der Waals surface area contributed by atoms with E-state index in [2.05, 4.69) is 103 Å². The van der Waals surface area contributed by atoms with E-state index < -0.39 is 0 Å². The zero-order valence-electron chi connectivity index (χ0n) is 15.0. The zero-order valence-corrected chi connectivity index (χ0v) is 15.9. The Morgan fingerprint density at radius 1 is 0.769 bits per heavy atom. The number of thioether (sulfide) groups is 1. The Morgan fingerprint density at radius 2 is 1.38 bits per heavy atom. The van der Waals surface area contributed by atoms with Crippen molar-refractivity contribution in [1.29, 1.82) is 0 Å². The number of hydrogen-bond donors (Lipinski definition) is 0. The van der Waals surface area contributed by atoms with Gasteiger partial charge in [0.05, 0.1) is 16.3 Å². The first-order chi connectivity index (χ1) is 12.7. The van der Waals surface area contributed by atoms with E-state index in [1.165, 1.54) is 16.0 Å². The number of nitrogens with zero attached hydrogens (tertiary/aromatic N) is 2. The summed E-state index contributed by atoms with van der Waals surface area (Å²) < 4.78 is 2.38. The Balaban J connectivity index is 1.89. The van der Waals surface area contributed by atoms with Crippen LogP contribution in [0.5, 0.6) is 0 Å². The quantitative estimate of drug-likeness (QED) is 0.379. The average Bonchev–Trinajstić information content (AvgIpc) is 3.07. The molecule has 130 valence electrons. The van der Waals surface area contributed by atoms with Crippen molar-refractivity contribution in [3.8, 4) is 0 Å². The number of hydrogen-bond acceptors (Lipinski definition) is 2. The molecule has 26 heavy (non-hydrogen) atoms. The van der Waals surface area contributed by atoms with E-state index >= 15 is 0 Å². The maximum atomic E-state index is 5.05. The van der Waals surface area contributed by atoms with Crippen molar-refractivity contribution in [2.24, 2.45) is 0 Å². The van der Waals surface area contributed by atoms with E-state index in [-0.39, 0.29) is 5.25 Å². The number of rotatable bonds is 5. The fourth-order valence-electron chi connectivity index (χ4n) is 3.32. The van der Waals surface area contributed by atoms with Crippen LogP contribution in [0.25, 0.3) is 11.0 Å². The molecule has 0 saturated heterocycles. The standard InChI is InChI=1S/C23H22N2S/c1-17(2)25-21-16-10-9-15-20(21)24-23(25)22(18-11-5-3-6-12-18)26-19-13-7-4-8-14-19/h3-17,22H,1-2H3. The normalized spacial score (nSPS) is 12.6. The predicted octanol–water partition coefficient (Wildman–Crippen LogP) is 6.50. The summed E-state index contributed by atoms with van der Waals surface area (Å²) in [5, 5.41) is 0.147. The van der Waals surface area contributed by atoms with Crippen molar-refractivity contribution in [1.82, 2.24) is 9.55 Å². The predicted molar refractivity (Wildman–Crippen MR) is 111 cm³/mol. The molecule has 0 aliphatic heterocycles. The first-order valence-electron chi connectivity index (χ1n) is 8.97. The second kappa shape index (κ2) is 7.38. The Kier molecular flexibility index (Phi) is 4.81. The van der Waals surface area contributed by atoms with Crippen molar-refractivity contribution in [2.45, 2.75) is 30.0 Å². The molecule has 1 aromatic heterocycles. The number of para-hydroxylation sites is 2. The van der Waals surface area contributed by atoms with Crippen molar-refractivity contribution >= 4 is 22.8 Å². The molecule has 0 aliphatic rings. The summed E-state index contributed by atoms with van der Waals surface area (Å²) in [6.45, 7) is 4.46. The summed E-state index contributed by atoms with van der Waals surface area (Å²) in [6, 6.07) is 30.0. The van der Waals surface area contributed by atoms with E-state index in [1.807, 2.05) is 11.8 Å². The first kappa shape index (κ1) is 16.9. The van der Waals surface area contributed by atoms with Crippen molar-refractivity contribution in [3.05, 3.63) is 96.3 Å². The zero-order chi connectivity index (χ0) is 17.9. The van der Waals surface area contributed by atoms with Gasteiger partial charge in [-0.05, 0) is 43.7 Å². The smallest absolute Gasteiger partial charge is 0.128 e. The van der Waals surface area contributed by atoms with Crippen LogP contribution in [-0.2, 0) is 0 Å². The molecule has 1 atom stereocenters. The molecule has 0 spiro atoms. The van der Waals surface area contributed by atoms with Crippen LogP contribution in [0.3, 0.4) is 0 Å². The third-order valence-corrected chi connectivity index (χ3v) is 5.74. The molecule has 0 bridgehead atoms. The highest BCUT2D eigenvalue weighted by Crippen LogP contribution is 2.41. The molecule has 3 heteroatoms. The van der Waals surface area contributed by atoms with Gasteiger partial charge in [-0.3, -0.25) is 0 Å². The van der Waals surface area contributed by atoms with Crippen molar-refractivity contribution in [3.63, 3.8) is 0 Å². The monoisotopic (exact) mass is 358 g/mol. The minimum absolute atomic E-state index is 0.147. The second-order valence-electron chi connectivity index (χ2n) is 6.64. The van der Waals surface area contributed by atoms with Gasteiger partial charge in [0.2, 0.25) is 0 Å². The lowest BCUT2D eigenvalue weighted by Crippen LogP contribution is -2.10. The van der Waals surface area contributed by atoms with Crippen LogP contribution < -0.4 is 0 Å². The lowest BCUT2D eigenvalue weighted by atomic mass is 10.1. The summed E-state index contributed by atoms with van der Waals surface area (Å²) in [7, 11) is 0. The van der Waals surface area contributed by atoms with Gasteiger partial charge < -0.3 is 4.57 Å². The largest absolute Gasteiger partial charge is 0.324 e. The Hall–Kier alpha value is -2.52. The molecule has 0 N–H and O–H groups in total. The molecule has 0 saturated carbocycles. The average molecular weight is 359 g/mol. The van der Waals surface area contributed by atoms with Crippen LogP contribution in [0.1, 0.15) is 36.5 Å². The topological polar surface area (TPSA) is 17.8 Å². The Bertz CT molecular complexity index is 991. The van der Waals surface area contributed by atoms with Gasteiger partial charge in [-0.2, -0.15) is 0 Å². The van der Waals surface area contributed by atoms with Gasteiger partial charge in [0.15, 0.2) is 0 Å². The highest BCUT2D eigenvalue weighted by atomic mass is 32.2. The minimum atomic E-state index is 0.147. The molecule has 0 amide bonds. The maximum absolute atomic E-state index is 5.05. The van der Waals surface area contributed by atoms with Gasteiger partial charge >= 0.3 is 0 Å². The Morgan fingerprint density at radius 3 is 2.08 bits per heavy atom. The van der Waals surface area contributed by atoms with Gasteiger partial charge in [-0.25, -0.2) is 4.98 Å². The first-order valence-corrected chi connectivity index (χ1v) is 9.85. The van der Waals surface area contributed by atoms with Crippen molar-refractivity contribution < 1.29 is 0 Å². The molecule has 0 radical (unpaired) electrons. The molecule has 1 heterocycles. The molecule has 0 aliphatic carbocycles. The molecule has 2 nitrogen and oxygen atoms in total. The third-order valence-electron chi connectivity index (χ3n) is 4.47. The molecular formula is C23H22N2S. The van der Waals surface area contributed by atoms with Crippen LogP contribution in [0, 0.1) is 0 Å². The van der Waals surface area contributed by atoms with Crippen molar-refractivity contribution in [2.75, 3.05) is 0 Å². The minimum Gasteiger partial charge on any atom is -0.324 e. The molecule has 1 unspecified atom stereocenters. The maximum Gasteiger partial charge on any atom is 0.128 e. The van der Waals surface area contributed by atoms with E-state index in [4.69, 9.17) is 4.98 Å². The van der Waals surface area contributed by atoms with Crippen LogP contribution in [0.4, 0.5) is 0 Å². The van der Waals surface area contributed by atoms with E-state index in [1.54, 1.807) is 0 Å². The molecule has 0 fully saturated rings. The summed E-state index contributed by atoms with van der Waals surface area (Å²) in [5.74, 6) is 1.11. The van der Waals surface area contributed by atoms with Crippen LogP contribution in [0.2, 0.25) is 0 Å². The lowest BCUT2D eigenvalue weighted by Gasteiger charge is -2.21. The van der Waals surface area contributed by atoms with E-state index in [9.17, 15) is 0 Å². The number of imidazole rings is 1. The van der Waals surface area contributed by atoms with Crippen LogP contribution >= 0.6 is 11.8 Å². The number of benzene rings is 3. The van der Waals surface area contributed by atoms with Gasteiger partial charge in [0.25, 0.3) is 0 Å². The van der Waals surface area contributed by atoms with Crippen LogP contribution in [-0.4, -0.2) is 9.55 Å². The van der Waals surface area contributed by atoms with Crippen LogP contribution in [0.15, 0.2) is 89.8 Å². The number of fused-ring (bicyclic) bond motifs is 1. The van der Waals surface area contributed by atoms with E-state index in [0.29, 0.717) is 6.04 Å². The summed E-state index contributed by atoms with van der Waals surface area (Å²) >= 11 is 1.86.